The molecule has 15 heavy (non-hydrogen) atoms. The summed E-state index contributed by atoms with van der Waals surface area (Å²) in [5.74, 6) is -1.39. The van der Waals surface area contributed by atoms with E-state index in [1.807, 2.05) is 0 Å². The zero-order valence-corrected chi connectivity index (χ0v) is 7.72. The topological polar surface area (TPSA) is 49.3 Å². The fraction of sp³-hybridized carbons (Fsp3) is 0.222. The molecule has 1 rings (SSSR count). The van der Waals surface area contributed by atoms with Crippen LogP contribution in [0.4, 0.5) is 18.9 Å². The molecule has 0 bridgehead atoms. The number of carboxylic acid groups (broad SMARTS) is 1. The van der Waals surface area contributed by atoms with Crippen molar-refractivity contribution in [3.63, 3.8) is 0 Å². The molecule has 0 atom stereocenters. The second kappa shape index (κ2) is 3.80. The van der Waals surface area contributed by atoms with Crippen LogP contribution in [-0.4, -0.2) is 18.1 Å². The molecule has 0 aliphatic carbocycles. The first-order chi connectivity index (χ1) is 6.84. The highest BCUT2D eigenvalue weighted by Crippen LogP contribution is 2.31. The predicted molar refractivity (Wildman–Crippen MR) is 48.0 cm³/mol. The Morgan fingerprint density at radius 2 is 1.93 bits per heavy atom. The van der Waals surface area contributed by atoms with Crippen molar-refractivity contribution >= 4 is 11.7 Å². The van der Waals surface area contributed by atoms with E-state index in [0.717, 1.165) is 12.1 Å². The van der Waals surface area contributed by atoms with Gasteiger partial charge in [0.2, 0.25) is 0 Å². The second-order valence-corrected chi connectivity index (χ2v) is 2.85. The largest absolute Gasteiger partial charge is 0.478 e. The average Bonchev–Trinajstić information content (AvgIpc) is 2.15. The van der Waals surface area contributed by atoms with Crippen molar-refractivity contribution in [2.75, 3.05) is 12.4 Å². The number of hydrogen-bond donors (Lipinski definition) is 2. The Balaban J connectivity index is 3.30. The van der Waals surface area contributed by atoms with Gasteiger partial charge in [-0.25, -0.2) is 4.79 Å². The van der Waals surface area contributed by atoms with E-state index in [0.29, 0.717) is 6.07 Å². The number of hydrogen-bond acceptors (Lipinski definition) is 2. The molecule has 0 aliphatic rings. The zero-order chi connectivity index (χ0) is 11.6. The summed E-state index contributed by atoms with van der Waals surface area (Å²) in [6, 6.07) is 2.59. The first kappa shape index (κ1) is 11.4. The molecule has 1 aromatic rings. The Kier molecular flexibility index (Phi) is 2.88. The van der Waals surface area contributed by atoms with E-state index in [1.165, 1.54) is 7.05 Å². The van der Waals surface area contributed by atoms with Gasteiger partial charge in [-0.15, -0.1) is 0 Å². The van der Waals surface area contributed by atoms with E-state index in [4.69, 9.17) is 5.11 Å². The van der Waals surface area contributed by atoms with Gasteiger partial charge in [-0.3, -0.25) is 0 Å². The Labute approximate surface area is 83.5 Å². The monoisotopic (exact) mass is 219 g/mol. The molecule has 3 nitrogen and oxygen atoms in total. The van der Waals surface area contributed by atoms with E-state index in [2.05, 4.69) is 5.32 Å². The fourth-order valence-corrected chi connectivity index (χ4v) is 1.06. The Bertz CT molecular complexity index is 387. The maximum atomic E-state index is 12.3. The highest BCUT2D eigenvalue weighted by molar-refractivity contribution is 5.89. The van der Waals surface area contributed by atoms with Gasteiger partial charge in [-0.2, -0.15) is 13.2 Å². The maximum absolute atomic E-state index is 12.3. The lowest BCUT2D eigenvalue weighted by Crippen LogP contribution is -2.08. The summed E-state index contributed by atoms with van der Waals surface area (Å²) in [7, 11) is 1.42. The number of alkyl halides is 3. The number of nitrogens with one attached hydrogen (secondary N) is 1. The molecule has 0 unspecified atom stereocenters. The summed E-state index contributed by atoms with van der Waals surface area (Å²) < 4.78 is 37.0. The number of carbonyl (C=O) groups is 1. The molecule has 0 saturated heterocycles. The number of rotatable bonds is 2. The highest BCUT2D eigenvalue weighted by atomic mass is 19.4. The number of halogens is 3. The molecule has 0 radical (unpaired) electrons. The smallest absolute Gasteiger partial charge is 0.416 e. The third-order valence-corrected chi connectivity index (χ3v) is 1.80. The maximum Gasteiger partial charge on any atom is 0.416 e. The lowest BCUT2D eigenvalue weighted by atomic mass is 10.1. The van der Waals surface area contributed by atoms with E-state index in [9.17, 15) is 18.0 Å². The minimum atomic E-state index is -4.54. The van der Waals surface area contributed by atoms with Gasteiger partial charge < -0.3 is 10.4 Å². The van der Waals surface area contributed by atoms with Crippen molar-refractivity contribution in [2.45, 2.75) is 6.18 Å². The van der Waals surface area contributed by atoms with Crippen LogP contribution in [0.2, 0.25) is 0 Å². The van der Waals surface area contributed by atoms with Crippen molar-refractivity contribution in [3.8, 4) is 0 Å². The molecule has 82 valence electrons. The van der Waals surface area contributed by atoms with Crippen molar-refractivity contribution in [1.29, 1.82) is 0 Å². The molecule has 0 aliphatic heterocycles. The van der Waals surface area contributed by atoms with Crippen LogP contribution in [0.15, 0.2) is 18.2 Å². The van der Waals surface area contributed by atoms with Crippen LogP contribution < -0.4 is 5.32 Å². The molecule has 2 N–H and O–H groups in total. The summed E-state index contributed by atoms with van der Waals surface area (Å²) in [4.78, 5) is 10.6. The van der Waals surface area contributed by atoms with Crippen LogP contribution in [0.1, 0.15) is 15.9 Å². The highest BCUT2D eigenvalue weighted by Gasteiger charge is 2.31. The quantitative estimate of drug-likeness (QED) is 0.803. The molecule has 0 saturated carbocycles. The molecule has 0 fully saturated rings. The zero-order valence-electron chi connectivity index (χ0n) is 7.72. The van der Waals surface area contributed by atoms with Gasteiger partial charge in [0.25, 0.3) is 0 Å². The third kappa shape index (κ3) is 2.61. The van der Waals surface area contributed by atoms with Crippen LogP contribution in [0.25, 0.3) is 0 Å². The first-order valence-corrected chi connectivity index (χ1v) is 3.98. The first-order valence-electron chi connectivity index (χ1n) is 3.98. The standard InChI is InChI=1S/C9H8F3NO2/c1-13-7-3-5(8(14)15)2-6(4-7)9(10,11)12/h2-4,13H,1H3,(H,14,15). The molecular weight excluding hydrogens is 211 g/mol. The minimum Gasteiger partial charge on any atom is -0.478 e. The number of aromatic carboxylic acids is 1. The van der Waals surface area contributed by atoms with Gasteiger partial charge in [-0.05, 0) is 18.2 Å². The molecular formula is C9H8F3NO2. The third-order valence-electron chi connectivity index (χ3n) is 1.80. The number of carboxylic acids is 1. The van der Waals surface area contributed by atoms with Gasteiger partial charge in [0.05, 0.1) is 11.1 Å². The van der Waals surface area contributed by atoms with E-state index < -0.39 is 23.3 Å². The van der Waals surface area contributed by atoms with Crippen LogP contribution in [0, 0.1) is 0 Å². The van der Waals surface area contributed by atoms with Crippen molar-refractivity contribution in [1.82, 2.24) is 0 Å². The molecule has 0 aromatic heterocycles. The van der Waals surface area contributed by atoms with Crippen molar-refractivity contribution < 1.29 is 23.1 Å². The van der Waals surface area contributed by atoms with Crippen LogP contribution in [0.5, 0.6) is 0 Å². The lowest BCUT2D eigenvalue weighted by molar-refractivity contribution is -0.137. The minimum absolute atomic E-state index is 0.113. The molecule has 6 heteroatoms. The predicted octanol–water partition coefficient (Wildman–Crippen LogP) is 2.45. The number of benzene rings is 1. The van der Waals surface area contributed by atoms with E-state index in [1.54, 1.807) is 0 Å². The van der Waals surface area contributed by atoms with E-state index in [-0.39, 0.29) is 5.69 Å². The van der Waals surface area contributed by atoms with Crippen LogP contribution in [0.3, 0.4) is 0 Å². The average molecular weight is 219 g/mol. The Morgan fingerprint density at radius 1 is 1.33 bits per heavy atom. The van der Waals surface area contributed by atoms with Gasteiger partial charge >= 0.3 is 12.1 Å². The summed E-state index contributed by atoms with van der Waals surface area (Å²) in [6.45, 7) is 0. The van der Waals surface area contributed by atoms with Gasteiger partial charge in [-0.1, -0.05) is 0 Å². The van der Waals surface area contributed by atoms with Gasteiger partial charge in [0, 0.05) is 12.7 Å². The summed E-state index contributed by atoms with van der Waals surface area (Å²) in [5.41, 5.74) is -1.26. The van der Waals surface area contributed by atoms with Crippen LogP contribution >= 0.6 is 0 Å². The lowest BCUT2D eigenvalue weighted by Gasteiger charge is -2.10. The van der Waals surface area contributed by atoms with Gasteiger partial charge in [0.15, 0.2) is 0 Å². The SMILES string of the molecule is CNc1cc(C(=O)O)cc(C(F)(F)F)c1. The fourth-order valence-electron chi connectivity index (χ4n) is 1.06. The Morgan fingerprint density at radius 3 is 2.33 bits per heavy atom. The molecule has 0 heterocycles. The van der Waals surface area contributed by atoms with E-state index >= 15 is 0 Å². The van der Waals surface area contributed by atoms with Crippen molar-refractivity contribution in [2.24, 2.45) is 0 Å². The normalized spacial score (nSPS) is 11.2. The summed E-state index contributed by atoms with van der Waals surface area (Å²) in [6.07, 6.45) is -4.54. The summed E-state index contributed by atoms with van der Waals surface area (Å²) >= 11 is 0. The molecule has 0 amide bonds. The number of anilines is 1. The Hall–Kier alpha value is -1.72. The molecule has 0 spiro atoms. The van der Waals surface area contributed by atoms with Crippen molar-refractivity contribution in [3.05, 3.63) is 29.3 Å². The van der Waals surface area contributed by atoms with Gasteiger partial charge in [0.1, 0.15) is 0 Å². The summed E-state index contributed by atoms with van der Waals surface area (Å²) in [5, 5.41) is 11.1. The second-order valence-electron chi connectivity index (χ2n) is 2.85. The van der Waals surface area contributed by atoms with Crippen LogP contribution in [-0.2, 0) is 6.18 Å². The molecule has 1 aromatic carbocycles.